The van der Waals surface area contributed by atoms with Crippen molar-refractivity contribution < 1.29 is 9.90 Å². The van der Waals surface area contributed by atoms with Gasteiger partial charge in [-0.05, 0) is 62.0 Å². The predicted octanol–water partition coefficient (Wildman–Crippen LogP) is 2.73. The highest BCUT2D eigenvalue weighted by Gasteiger charge is 2.60. The Morgan fingerprint density at radius 3 is 2.48 bits per heavy atom. The summed E-state index contributed by atoms with van der Waals surface area (Å²) in [6.45, 7) is 0.741. The van der Waals surface area contributed by atoms with Crippen molar-refractivity contribution in [3.05, 3.63) is 35.4 Å². The number of benzene rings is 1. The number of rotatable bonds is 1. The van der Waals surface area contributed by atoms with Gasteiger partial charge in [0.25, 0.3) is 5.91 Å². The van der Waals surface area contributed by atoms with Gasteiger partial charge in [0.15, 0.2) is 0 Å². The summed E-state index contributed by atoms with van der Waals surface area (Å²) in [7, 11) is 0. The van der Waals surface area contributed by atoms with Crippen molar-refractivity contribution >= 4 is 5.91 Å². The molecular formula is C18H21NO2. The largest absolute Gasteiger partial charge is 0.390 e. The molecule has 6 rings (SSSR count). The minimum atomic E-state index is -0.501. The zero-order valence-electron chi connectivity index (χ0n) is 12.2. The highest BCUT2D eigenvalue weighted by molar-refractivity contribution is 5.98. The first kappa shape index (κ1) is 12.2. The van der Waals surface area contributed by atoms with E-state index in [9.17, 15) is 9.90 Å². The number of nitrogens with zero attached hydrogens (tertiary/aromatic N) is 1. The lowest BCUT2D eigenvalue weighted by atomic mass is 9.50. The van der Waals surface area contributed by atoms with Crippen LogP contribution >= 0.6 is 0 Å². The molecule has 4 bridgehead atoms. The standard InChI is InChI=1S/C18H21NO2/c20-16-15-4-2-1-3-14(15)10-19(16)17-6-12-5-13(7-17)9-18(21,8-12)11-17/h1-4,12-13,21H,5-11H2. The smallest absolute Gasteiger partial charge is 0.254 e. The molecule has 110 valence electrons. The number of fused-ring (bicyclic) bond motifs is 1. The van der Waals surface area contributed by atoms with Crippen LogP contribution in [-0.4, -0.2) is 27.1 Å². The second-order valence-corrected chi connectivity index (χ2v) is 7.96. The van der Waals surface area contributed by atoms with Crippen LogP contribution in [-0.2, 0) is 6.54 Å². The van der Waals surface area contributed by atoms with E-state index in [1.807, 2.05) is 18.2 Å². The first-order valence-electron chi connectivity index (χ1n) is 8.19. The Morgan fingerprint density at radius 2 is 1.81 bits per heavy atom. The van der Waals surface area contributed by atoms with Crippen molar-refractivity contribution in [2.45, 2.75) is 56.2 Å². The number of aliphatic hydroxyl groups is 1. The molecule has 4 saturated carbocycles. The van der Waals surface area contributed by atoms with E-state index < -0.39 is 5.60 Å². The van der Waals surface area contributed by atoms with Crippen LogP contribution in [0.25, 0.3) is 0 Å². The van der Waals surface area contributed by atoms with Gasteiger partial charge in [0.2, 0.25) is 0 Å². The van der Waals surface area contributed by atoms with Crippen molar-refractivity contribution in [2.24, 2.45) is 11.8 Å². The molecule has 5 aliphatic rings. The highest BCUT2D eigenvalue weighted by atomic mass is 16.3. The molecule has 2 atom stereocenters. The van der Waals surface area contributed by atoms with E-state index in [4.69, 9.17) is 0 Å². The van der Waals surface area contributed by atoms with Crippen molar-refractivity contribution in [3.63, 3.8) is 0 Å². The van der Waals surface area contributed by atoms with Gasteiger partial charge < -0.3 is 10.0 Å². The zero-order valence-corrected chi connectivity index (χ0v) is 12.2. The molecule has 4 fully saturated rings. The third-order valence-electron chi connectivity index (χ3n) is 6.39. The fraction of sp³-hybridized carbons (Fsp3) is 0.611. The molecule has 1 aromatic carbocycles. The molecule has 1 N–H and O–H groups in total. The second-order valence-electron chi connectivity index (χ2n) is 7.96. The molecular weight excluding hydrogens is 262 g/mol. The summed E-state index contributed by atoms with van der Waals surface area (Å²) in [5, 5.41) is 10.9. The van der Waals surface area contributed by atoms with Crippen molar-refractivity contribution in [2.75, 3.05) is 0 Å². The molecule has 0 saturated heterocycles. The first-order valence-corrected chi connectivity index (χ1v) is 8.19. The van der Waals surface area contributed by atoms with Gasteiger partial charge in [-0.3, -0.25) is 4.79 Å². The van der Waals surface area contributed by atoms with Gasteiger partial charge in [0.1, 0.15) is 0 Å². The molecule has 4 aliphatic carbocycles. The quantitative estimate of drug-likeness (QED) is 0.861. The summed E-state index contributed by atoms with van der Waals surface area (Å²) < 4.78 is 0. The van der Waals surface area contributed by atoms with Crippen LogP contribution in [0, 0.1) is 11.8 Å². The molecule has 1 heterocycles. The third kappa shape index (κ3) is 1.56. The van der Waals surface area contributed by atoms with Crippen LogP contribution in [0.3, 0.4) is 0 Å². The average Bonchev–Trinajstić information content (AvgIpc) is 2.75. The van der Waals surface area contributed by atoms with Crippen LogP contribution < -0.4 is 0 Å². The van der Waals surface area contributed by atoms with Crippen molar-refractivity contribution in [1.82, 2.24) is 4.90 Å². The normalized spacial score (nSPS) is 43.5. The maximum Gasteiger partial charge on any atom is 0.254 e. The highest BCUT2D eigenvalue weighted by Crippen LogP contribution is 2.60. The molecule has 2 unspecified atom stereocenters. The van der Waals surface area contributed by atoms with Crippen LogP contribution in [0.4, 0.5) is 0 Å². The molecule has 1 amide bonds. The van der Waals surface area contributed by atoms with Gasteiger partial charge in [0, 0.05) is 17.6 Å². The van der Waals surface area contributed by atoms with E-state index in [2.05, 4.69) is 11.0 Å². The van der Waals surface area contributed by atoms with Gasteiger partial charge in [-0.15, -0.1) is 0 Å². The molecule has 1 aliphatic heterocycles. The molecule has 0 radical (unpaired) electrons. The number of hydrogen-bond acceptors (Lipinski definition) is 2. The summed E-state index contributed by atoms with van der Waals surface area (Å²) in [4.78, 5) is 15.0. The van der Waals surface area contributed by atoms with Crippen molar-refractivity contribution in [3.8, 4) is 0 Å². The van der Waals surface area contributed by atoms with Crippen LogP contribution in [0.5, 0.6) is 0 Å². The van der Waals surface area contributed by atoms with E-state index in [1.165, 1.54) is 6.42 Å². The summed E-state index contributed by atoms with van der Waals surface area (Å²) >= 11 is 0. The van der Waals surface area contributed by atoms with Gasteiger partial charge in [-0.1, -0.05) is 18.2 Å². The Labute approximate surface area is 125 Å². The van der Waals surface area contributed by atoms with Crippen LogP contribution in [0.1, 0.15) is 54.4 Å². The number of carbonyl (C=O) groups excluding carboxylic acids is 1. The van der Waals surface area contributed by atoms with Gasteiger partial charge >= 0.3 is 0 Å². The third-order valence-corrected chi connectivity index (χ3v) is 6.39. The Morgan fingerprint density at radius 1 is 1.10 bits per heavy atom. The van der Waals surface area contributed by atoms with E-state index in [0.717, 1.165) is 49.8 Å². The summed E-state index contributed by atoms with van der Waals surface area (Å²) in [5.41, 5.74) is 1.46. The Bertz CT molecular complexity index is 624. The lowest BCUT2D eigenvalue weighted by Crippen LogP contribution is -2.65. The van der Waals surface area contributed by atoms with E-state index in [-0.39, 0.29) is 11.4 Å². The molecule has 3 nitrogen and oxygen atoms in total. The molecule has 0 aromatic heterocycles. The topological polar surface area (TPSA) is 40.5 Å². The fourth-order valence-electron chi connectivity index (χ4n) is 6.12. The van der Waals surface area contributed by atoms with Gasteiger partial charge in [0.05, 0.1) is 5.60 Å². The van der Waals surface area contributed by atoms with E-state index in [1.54, 1.807) is 0 Å². The number of carbonyl (C=O) groups is 1. The lowest BCUT2D eigenvalue weighted by molar-refractivity contribution is -0.167. The minimum absolute atomic E-state index is 0.0745. The fourth-order valence-corrected chi connectivity index (χ4v) is 6.12. The summed E-state index contributed by atoms with van der Waals surface area (Å²) in [6.07, 6.45) is 6.18. The second kappa shape index (κ2) is 3.70. The van der Waals surface area contributed by atoms with Gasteiger partial charge in [-0.25, -0.2) is 0 Å². The van der Waals surface area contributed by atoms with E-state index >= 15 is 0 Å². The average molecular weight is 283 g/mol. The maximum absolute atomic E-state index is 12.9. The predicted molar refractivity (Wildman–Crippen MR) is 78.7 cm³/mol. The number of amides is 1. The summed E-state index contributed by atoms with van der Waals surface area (Å²) in [6, 6.07) is 7.99. The maximum atomic E-state index is 12.9. The molecule has 0 spiro atoms. The van der Waals surface area contributed by atoms with Gasteiger partial charge in [-0.2, -0.15) is 0 Å². The van der Waals surface area contributed by atoms with Crippen LogP contribution in [0.15, 0.2) is 24.3 Å². The number of hydrogen-bond donors (Lipinski definition) is 1. The monoisotopic (exact) mass is 283 g/mol. The molecule has 3 heteroatoms. The Hall–Kier alpha value is -1.35. The van der Waals surface area contributed by atoms with E-state index in [0.29, 0.717) is 11.8 Å². The SMILES string of the molecule is O=C1c2ccccc2CN1C12CC3CC(CC(O)(C3)C1)C2. The molecule has 21 heavy (non-hydrogen) atoms. The Kier molecular flexibility index (Phi) is 2.15. The summed E-state index contributed by atoms with van der Waals surface area (Å²) in [5.74, 6) is 1.43. The van der Waals surface area contributed by atoms with Crippen LogP contribution in [0.2, 0.25) is 0 Å². The first-order chi connectivity index (χ1) is 10.1. The minimum Gasteiger partial charge on any atom is -0.390 e. The lowest BCUT2D eigenvalue weighted by Gasteiger charge is -2.62. The molecule has 1 aromatic rings. The Balaban J connectivity index is 1.56. The zero-order chi connectivity index (χ0) is 14.2. The van der Waals surface area contributed by atoms with Crippen molar-refractivity contribution in [1.29, 1.82) is 0 Å².